The van der Waals surface area contributed by atoms with Crippen molar-refractivity contribution in [2.45, 2.75) is 31.7 Å². The Morgan fingerprint density at radius 2 is 1.94 bits per heavy atom. The van der Waals surface area contributed by atoms with Crippen LogP contribution in [0.15, 0.2) is 36.4 Å². The summed E-state index contributed by atoms with van der Waals surface area (Å²) in [5, 5.41) is 2.34. The molecule has 0 bridgehead atoms. The van der Waals surface area contributed by atoms with Gasteiger partial charge in [-0.05, 0) is 29.7 Å². The number of fused-ring (bicyclic) bond motifs is 1. The number of amides is 1. The molecule has 1 heterocycles. The van der Waals surface area contributed by atoms with E-state index < -0.39 is 12.0 Å². The number of hydrazine groups is 1. The van der Waals surface area contributed by atoms with E-state index in [1.54, 1.807) is 12.1 Å². The number of nitrogens with zero attached hydrogens (tertiary/aromatic N) is 1. The van der Waals surface area contributed by atoms with E-state index in [2.05, 4.69) is 17.4 Å². The first kappa shape index (κ1) is 24.7. The maximum absolute atomic E-state index is 12.6. The predicted octanol–water partition coefficient (Wildman–Crippen LogP) is 3.81. The third kappa shape index (κ3) is 5.37. The van der Waals surface area contributed by atoms with E-state index in [1.165, 1.54) is 19.0 Å². The molecule has 31 heavy (non-hydrogen) atoms. The number of benzene rings is 2. The van der Waals surface area contributed by atoms with Crippen molar-refractivity contribution in [1.29, 1.82) is 0 Å². The van der Waals surface area contributed by atoms with Crippen molar-refractivity contribution >= 4 is 53.2 Å². The number of carbonyl (C=O) groups is 2. The summed E-state index contributed by atoms with van der Waals surface area (Å²) in [7, 11) is 1.32. The quantitative estimate of drug-likeness (QED) is 0.393. The van der Waals surface area contributed by atoms with Crippen molar-refractivity contribution in [2.75, 3.05) is 12.1 Å². The molecular weight excluding hydrogens is 461 g/mol. The van der Waals surface area contributed by atoms with E-state index in [1.807, 2.05) is 24.3 Å². The van der Waals surface area contributed by atoms with E-state index >= 15 is 0 Å². The normalized spacial score (nSPS) is 16.8. The lowest BCUT2D eigenvalue weighted by Gasteiger charge is -2.41. The lowest BCUT2D eigenvalue weighted by atomic mass is 9.81. The highest BCUT2D eigenvalue weighted by atomic mass is 35.5. The number of rotatable bonds is 4. The molecule has 0 saturated heterocycles. The minimum absolute atomic E-state index is 0. The van der Waals surface area contributed by atoms with Gasteiger partial charge in [-0.1, -0.05) is 53.4 Å². The summed E-state index contributed by atoms with van der Waals surface area (Å²) in [6.45, 7) is 1.37. The van der Waals surface area contributed by atoms with Gasteiger partial charge in [0.15, 0.2) is 0 Å². The highest BCUT2D eigenvalue weighted by Gasteiger charge is 2.40. The smallest absolute Gasteiger partial charge is 0.330 e. The highest BCUT2D eigenvalue weighted by molar-refractivity contribution is 6.35. The van der Waals surface area contributed by atoms with E-state index in [0.29, 0.717) is 28.6 Å². The third-order valence-corrected chi connectivity index (χ3v) is 5.51. The molecule has 0 spiro atoms. The average molecular weight is 483 g/mol. The standard InChI is InChI=1S/C22H21Cl2N3O3.ClH/c1-13(28)26-27-19-11-16(23)10-18(24)21(19)17(12-20(27)22(29)30-2)15-7-5-14(6-8-15)4-3-9-25;/h5-8,10-11,17,20H,4,12,25H2,1-2H3,(H,26,28);1H. The number of hydrogen-bond donors (Lipinski definition) is 2. The fourth-order valence-corrected chi connectivity index (χ4v) is 4.31. The Kier molecular flexibility index (Phi) is 8.46. The summed E-state index contributed by atoms with van der Waals surface area (Å²) in [4.78, 5) is 24.4. The summed E-state index contributed by atoms with van der Waals surface area (Å²) in [6.07, 6.45) is 0.915. The number of esters is 1. The zero-order valence-electron chi connectivity index (χ0n) is 16.9. The van der Waals surface area contributed by atoms with Gasteiger partial charge in [-0.3, -0.25) is 15.2 Å². The van der Waals surface area contributed by atoms with Crippen molar-refractivity contribution in [3.8, 4) is 12.0 Å². The van der Waals surface area contributed by atoms with Gasteiger partial charge in [-0.2, -0.15) is 0 Å². The third-order valence-electron chi connectivity index (χ3n) is 4.98. The molecule has 9 heteroatoms. The lowest BCUT2D eigenvalue weighted by molar-refractivity contribution is -0.142. The van der Waals surface area contributed by atoms with Gasteiger partial charge < -0.3 is 10.5 Å². The van der Waals surface area contributed by atoms with Crippen LogP contribution in [0, 0.1) is 12.0 Å². The molecule has 0 fully saturated rings. The number of ether oxygens (including phenoxy) is 1. The minimum atomic E-state index is -0.742. The average Bonchev–Trinajstić information content (AvgIpc) is 2.72. The molecule has 0 aliphatic carbocycles. The Balaban J connectivity index is 0.00000341. The summed E-state index contributed by atoms with van der Waals surface area (Å²) < 4.78 is 5.00. The summed E-state index contributed by atoms with van der Waals surface area (Å²) in [5.74, 6) is 1.84. The van der Waals surface area contributed by atoms with Crippen molar-refractivity contribution in [2.24, 2.45) is 5.73 Å². The van der Waals surface area contributed by atoms with Crippen LogP contribution in [-0.2, 0) is 20.7 Å². The van der Waals surface area contributed by atoms with Gasteiger partial charge in [0, 0.05) is 40.9 Å². The second kappa shape index (κ2) is 10.6. The number of nitrogens with one attached hydrogen (secondary N) is 1. The Hall–Kier alpha value is -2.59. The predicted molar refractivity (Wildman–Crippen MR) is 124 cm³/mol. The number of carbonyl (C=O) groups excluding carboxylic acids is 2. The topological polar surface area (TPSA) is 84.7 Å². The van der Waals surface area contributed by atoms with Gasteiger partial charge in [0.25, 0.3) is 0 Å². The minimum Gasteiger partial charge on any atom is -0.467 e. The first-order valence-electron chi connectivity index (χ1n) is 9.26. The molecule has 1 aliphatic heterocycles. The van der Waals surface area contributed by atoms with Crippen LogP contribution in [0.25, 0.3) is 0 Å². The van der Waals surface area contributed by atoms with Gasteiger partial charge in [-0.15, -0.1) is 12.4 Å². The fourth-order valence-electron chi connectivity index (χ4n) is 3.70. The van der Waals surface area contributed by atoms with Crippen LogP contribution in [0.2, 0.25) is 10.0 Å². The number of anilines is 1. The van der Waals surface area contributed by atoms with Crippen LogP contribution in [0.3, 0.4) is 0 Å². The van der Waals surface area contributed by atoms with Crippen LogP contribution < -0.4 is 16.2 Å². The van der Waals surface area contributed by atoms with Crippen molar-refractivity contribution in [3.63, 3.8) is 0 Å². The number of halogens is 3. The van der Waals surface area contributed by atoms with Gasteiger partial charge in [-0.25, -0.2) is 4.79 Å². The summed E-state index contributed by atoms with van der Waals surface area (Å²) in [5.41, 5.74) is 11.3. The van der Waals surface area contributed by atoms with Crippen molar-refractivity contribution < 1.29 is 14.3 Å². The highest BCUT2D eigenvalue weighted by Crippen LogP contribution is 2.46. The molecule has 2 unspecified atom stereocenters. The molecule has 2 atom stereocenters. The van der Waals surface area contributed by atoms with E-state index in [4.69, 9.17) is 33.7 Å². The Morgan fingerprint density at radius 3 is 2.52 bits per heavy atom. The summed E-state index contributed by atoms with van der Waals surface area (Å²) in [6, 6.07) is 12.9. The number of nitrogens with two attached hydrogens (primary N) is 1. The number of hydrogen-bond acceptors (Lipinski definition) is 5. The lowest BCUT2D eigenvalue weighted by Crippen LogP contribution is -2.55. The summed E-state index contributed by atoms with van der Waals surface area (Å²) >= 11 is 12.8. The Morgan fingerprint density at radius 1 is 1.26 bits per heavy atom. The molecule has 2 aromatic rings. The maximum atomic E-state index is 12.6. The largest absolute Gasteiger partial charge is 0.467 e. The SMILES string of the molecule is COC(=O)C1CC(c2ccc(CC#CN)cc2)c2c(Cl)cc(Cl)cc2N1NC(C)=O.Cl. The Bertz CT molecular complexity index is 1030. The monoisotopic (exact) mass is 481 g/mol. The van der Waals surface area contributed by atoms with E-state index in [-0.39, 0.29) is 24.2 Å². The Labute approximate surface area is 197 Å². The fraction of sp³-hybridized carbons (Fsp3) is 0.273. The van der Waals surface area contributed by atoms with E-state index in [0.717, 1.165) is 16.7 Å². The van der Waals surface area contributed by atoms with Gasteiger partial charge >= 0.3 is 5.97 Å². The van der Waals surface area contributed by atoms with Gasteiger partial charge in [0.05, 0.1) is 12.8 Å². The molecule has 3 N–H and O–H groups in total. The first-order valence-corrected chi connectivity index (χ1v) is 10.0. The van der Waals surface area contributed by atoms with Gasteiger partial charge in [0.1, 0.15) is 6.04 Å². The molecule has 2 aromatic carbocycles. The molecule has 6 nitrogen and oxygen atoms in total. The second-order valence-electron chi connectivity index (χ2n) is 6.93. The zero-order valence-corrected chi connectivity index (χ0v) is 19.3. The van der Waals surface area contributed by atoms with Crippen LogP contribution in [-0.4, -0.2) is 25.0 Å². The molecule has 164 valence electrons. The van der Waals surface area contributed by atoms with E-state index in [9.17, 15) is 9.59 Å². The molecule has 1 aliphatic rings. The molecular formula is C22H22Cl3N3O3. The van der Waals surface area contributed by atoms with Gasteiger partial charge in [0.2, 0.25) is 5.91 Å². The molecule has 0 radical (unpaired) electrons. The molecule has 0 aromatic heterocycles. The molecule has 1 amide bonds. The number of methoxy groups -OCH3 is 1. The van der Waals surface area contributed by atoms with Crippen LogP contribution in [0.4, 0.5) is 5.69 Å². The van der Waals surface area contributed by atoms with Crippen LogP contribution in [0.1, 0.15) is 36.0 Å². The van der Waals surface area contributed by atoms with Crippen molar-refractivity contribution in [1.82, 2.24) is 5.43 Å². The maximum Gasteiger partial charge on any atom is 0.330 e. The van der Waals surface area contributed by atoms with Crippen LogP contribution >= 0.6 is 35.6 Å². The molecule has 3 rings (SSSR count). The zero-order chi connectivity index (χ0) is 21.8. The van der Waals surface area contributed by atoms with Crippen molar-refractivity contribution in [3.05, 3.63) is 63.1 Å². The second-order valence-corrected chi connectivity index (χ2v) is 7.77. The first-order chi connectivity index (χ1) is 14.3. The van der Waals surface area contributed by atoms with Crippen LogP contribution in [0.5, 0.6) is 0 Å². The molecule has 0 saturated carbocycles.